The van der Waals surface area contributed by atoms with E-state index >= 15 is 0 Å². The summed E-state index contributed by atoms with van der Waals surface area (Å²) < 4.78 is 20.4. The number of oxazole rings is 1. The van der Waals surface area contributed by atoms with Crippen molar-refractivity contribution in [1.82, 2.24) is 14.9 Å². The number of benzene rings is 3. The minimum Gasteiger partial charge on any atom is -0.491 e. The van der Waals surface area contributed by atoms with Gasteiger partial charge in [0.25, 0.3) is 0 Å². The monoisotopic (exact) mass is 521 g/mol. The number of aliphatic hydroxyl groups is 1. The fraction of sp³-hybridized carbons (Fsp3) is 0.226. The second-order valence-corrected chi connectivity index (χ2v) is 10.1. The Balaban J connectivity index is 1.61. The predicted octanol–water partition coefficient (Wildman–Crippen LogP) is 4.80. The molecule has 2 aliphatic heterocycles. The number of aromatic nitrogens is 2. The fourth-order valence-corrected chi connectivity index (χ4v) is 6.25. The predicted molar refractivity (Wildman–Crippen MR) is 145 cm³/mol. The maximum atomic E-state index is 12.4. The molecule has 0 radical (unpaired) electrons. The second kappa shape index (κ2) is 8.83. The zero-order chi connectivity index (χ0) is 26.7. The first kappa shape index (κ1) is 23.7. The number of rotatable bonds is 4. The van der Waals surface area contributed by atoms with Crippen molar-refractivity contribution in [3.05, 3.63) is 96.1 Å². The number of aliphatic hydroxyl groups excluding tert-OH is 1. The first-order valence-corrected chi connectivity index (χ1v) is 12.9. The number of hydrogen-bond donors (Lipinski definition) is 2. The zero-order valence-corrected chi connectivity index (χ0v) is 21.5. The third kappa shape index (κ3) is 3.38. The smallest absolute Gasteiger partial charge is 0.220 e. The summed E-state index contributed by atoms with van der Waals surface area (Å²) in [5.74, 6) is 1.16. The number of carbonyl (C=O) groups is 1. The van der Waals surface area contributed by atoms with Gasteiger partial charge < -0.3 is 28.9 Å². The molecule has 196 valence electrons. The van der Waals surface area contributed by atoms with Crippen LogP contribution in [0.3, 0.4) is 0 Å². The van der Waals surface area contributed by atoms with Gasteiger partial charge in [0.15, 0.2) is 5.76 Å². The Morgan fingerprint density at radius 1 is 1.10 bits per heavy atom. The first-order valence-electron chi connectivity index (χ1n) is 12.9. The van der Waals surface area contributed by atoms with Crippen LogP contribution < -0.4 is 10.1 Å². The third-order valence-electron chi connectivity index (χ3n) is 7.93. The van der Waals surface area contributed by atoms with Crippen molar-refractivity contribution in [1.29, 1.82) is 0 Å². The summed E-state index contributed by atoms with van der Waals surface area (Å²) in [4.78, 5) is 17.0. The number of carbonyl (C=O) groups excluding carboxylic acids is 1. The van der Waals surface area contributed by atoms with Gasteiger partial charge in [-0.25, -0.2) is 4.98 Å². The van der Waals surface area contributed by atoms with Crippen molar-refractivity contribution in [3.8, 4) is 28.2 Å². The highest BCUT2D eigenvalue weighted by molar-refractivity contribution is 6.06. The van der Waals surface area contributed by atoms with E-state index < -0.39 is 17.6 Å². The number of nitrogens with zero attached hydrogens (tertiary/aromatic N) is 2. The maximum absolute atomic E-state index is 12.4. The van der Waals surface area contributed by atoms with Crippen molar-refractivity contribution in [2.45, 2.75) is 31.2 Å². The van der Waals surface area contributed by atoms with E-state index in [1.165, 1.54) is 6.92 Å². The van der Waals surface area contributed by atoms with Gasteiger partial charge in [-0.05, 0) is 17.2 Å². The van der Waals surface area contributed by atoms with Gasteiger partial charge in [-0.15, -0.1) is 0 Å². The topological polar surface area (TPSA) is 98.8 Å². The van der Waals surface area contributed by atoms with Crippen LogP contribution in [0.1, 0.15) is 30.0 Å². The highest BCUT2D eigenvalue weighted by atomic mass is 16.5. The standard InChI is InChI=1S/C31H27N3O5/c1-18(35)33-27-29(36)31(19-8-4-3-5-9-19)16-38-28-21(11-6-12-23(28)31)20-10-7-13-24-26(20)22(15-34(24)17-37-2)25-14-32-30(27)39-25/h3-15,27,29,36H,16-17H2,1-2H3,(H,33,35)/t27?,29?,31-/m1/s1. The van der Waals surface area contributed by atoms with E-state index in [-0.39, 0.29) is 18.4 Å². The lowest BCUT2D eigenvalue weighted by Gasteiger charge is -2.37. The van der Waals surface area contributed by atoms with Gasteiger partial charge in [0.05, 0.1) is 17.1 Å². The lowest BCUT2D eigenvalue weighted by atomic mass is 9.69. The molecule has 39 heavy (non-hydrogen) atoms. The molecular weight excluding hydrogens is 494 g/mol. The molecule has 8 heteroatoms. The minimum atomic E-state index is -1.15. The van der Waals surface area contributed by atoms with E-state index in [2.05, 4.69) is 16.4 Å². The van der Waals surface area contributed by atoms with Crippen LogP contribution in [0, 0.1) is 0 Å². The molecule has 2 unspecified atom stereocenters. The molecule has 5 aromatic rings. The molecule has 1 amide bonds. The number of hydrogen-bond acceptors (Lipinski definition) is 6. The molecule has 2 aromatic heterocycles. The summed E-state index contributed by atoms with van der Waals surface area (Å²) in [6.45, 7) is 1.96. The number of nitrogens with one attached hydrogen (secondary N) is 1. The SMILES string of the molecule is COCn1cc2c3c(cccc31)-c1cccc3c1OC[C@]3(c1ccccc1)C(O)C(NC(C)=O)c1ncc-2o1. The normalized spacial score (nSPS) is 21.2. The van der Waals surface area contributed by atoms with Crippen LogP contribution in [0.5, 0.6) is 5.75 Å². The molecule has 0 spiro atoms. The molecule has 6 bridgehead atoms. The molecule has 2 N–H and O–H groups in total. The summed E-state index contributed by atoms with van der Waals surface area (Å²) in [5, 5.41) is 16.1. The Morgan fingerprint density at radius 2 is 1.90 bits per heavy atom. The summed E-state index contributed by atoms with van der Waals surface area (Å²) in [6.07, 6.45) is 2.48. The van der Waals surface area contributed by atoms with Gasteiger partial charge >= 0.3 is 0 Å². The van der Waals surface area contributed by atoms with Crippen LogP contribution >= 0.6 is 0 Å². The van der Waals surface area contributed by atoms with Crippen LogP contribution in [0.15, 0.2) is 83.5 Å². The molecule has 8 nitrogen and oxygen atoms in total. The molecule has 7 rings (SSSR count). The average molecular weight is 522 g/mol. The van der Waals surface area contributed by atoms with E-state index in [0.717, 1.165) is 38.7 Å². The lowest BCUT2D eigenvalue weighted by molar-refractivity contribution is -0.121. The molecule has 2 aliphatic rings. The van der Waals surface area contributed by atoms with Gasteiger partial charge in [-0.3, -0.25) is 4.79 Å². The van der Waals surface area contributed by atoms with E-state index in [1.807, 2.05) is 71.4 Å². The highest BCUT2D eigenvalue weighted by Crippen LogP contribution is 2.53. The molecule has 3 aromatic carbocycles. The quantitative estimate of drug-likeness (QED) is 0.353. The Kier molecular flexibility index (Phi) is 5.36. The number of para-hydroxylation sites is 1. The molecule has 0 saturated heterocycles. The number of amides is 1. The Bertz CT molecular complexity index is 1720. The first-order chi connectivity index (χ1) is 19.0. The largest absolute Gasteiger partial charge is 0.491 e. The molecule has 3 atom stereocenters. The van der Waals surface area contributed by atoms with Crippen molar-refractivity contribution < 1.29 is 23.8 Å². The Labute approximate surface area is 224 Å². The Hall–Kier alpha value is -4.40. The van der Waals surface area contributed by atoms with E-state index in [9.17, 15) is 9.90 Å². The zero-order valence-electron chi connectivity index (χ0n) is 21.5. The lowest BCUT2D eigenvalue weighted by Crippen LogP contribution is -2.50. The maximum Gasteiger partial charge on any atom is 0.220 e. The molecule has 0 fully saturated rings. The number of ether oxygens (including phenoxy) is 2. The van der Waals surface area contributed by atoms with E-state index in [1.54, 1.807) is 13.3 Å². The van der Waals surface area contributed by atoms with Crippen LogP contribution in [0.2, 0.25) is 0 Å². The molecule has 4 heterocycles. The third-order valence-corrected chi connectivity index (χ3v) is 7.93. The van der Waals surface area contributed by atoms with Crippen LogP contribution in [0.25, 0.3) is 33.4 Å². The van der Waals surface area contributed by atoms with Crippen LogP contribution in [0.4, 0.5) is 0 Å². The van der Waals surface area contributed by atoms with Gasteiger partial charge in [0.2, 0.25) is 11.8 Å². The van der Waals surface area contributed by atoms with E-state index in [4.69, 9.17) is 13.9 Å². The summed E-state index contributed by atoms with van der Waals surface area (Å²) >= 11 is 0. The Morgan fingerprint density at radius 3 is 2.69 bits per heavy atom. The molecule has 0 saturated carbocycles. The number of methoxy groups -OCH3 is 1. The number of fused-ring (bicyclic) bond motifs is 4. The second-order valence-electron chi connectivity index (χ2n) is 10.1. The minimum absolute atomic E-state index is 0.182. The van der Waals surface area contributed by atoms with Gasteiger partial charge in [0.1, 0.15) is 31.2 Å². The van der Waals surface area contributed by atoms with Crippen LogP contribution in [-0.4, -0.2) is 40.4 Å². The van der Waals surface area contributed by atoms with Gasteiger partial charge in [0, 0.05) is 42.3 Å². The van der Waals surface area contributed by atoms with Crippen molar-refractivity contribution in [3.63, 3.8) is 0 Å². The average Bonchev–Trinajstić information content (AvgIpc) is 3.68. The fourth-order valence-electron chi connectivity index (χ4n) is 6.25. The van der Waals surface area contributed by atoms with E-state index in [0.29, 0.717) is 18.2 Å². The highest BCUT2D eigenvalue weighted by Gasteiger charge is 2.53. The van der Waals surface area contributed by atoms with Crippen molar-refractivity contribution in [2.24, 2.45) is 0 Å². The van der Waals surface area contributed by atoms with Crippen molar-refractivity contribution in [2.75, 3.05) is 13.7 Å². The van der Waals surface area contributed by atoms with Gasteiger partial charge in [-0.2, -0.15) is 0 Å². The molecule has 0 aliphatic carbocycles. The van der Waals surface area contributed by atoms with Crippen molar-refractivity contribution >= 4 is 16.8 Å². The summed E-state index contributed by atoms with van der Waals surface area (Å²) in [6, 6.07) is 21.0. The van der Waals surface area contributed by atoms with Gasteiger partial charge in [-0.1, -0.05) is 60.7 Å². The summed E-state index contributed by atoms with van der Waals surface area (Å²) in [5.41, 5.74) is 4.42. The summed E-state index contributed by atoms with van der Waals surface area (Å²) in [7, 11) is 1.66. The van der Waals surface area contributed by atoms with Crippen LogP contribution in [-0.2, 0) is 21.7 Å². The molecular formula is C31H27N3O5.